The van der Waals surface area contributed by atoms with Gasteiger partial charge in [0, 0.05) is 13.0 Å². The topological polar surface area (TPSA) is 55.8 Å². The zero-order valence-electron chi connectivity index (χ0n) is 11.9. The summed E-state index contributed by atoms with van der Waals surface area (Å²) in [5.41, 5.74) is -0.555. The highest BCUT2D eigenvalue weighted by Crippen LogP contribution is 2.22. The number of allylic oxidation sites excluding steroid dienone is 1. The summed E-state index contributed by atoms with van der Waals surface area (Å²) < 4.78 is 11.0. The molecule has 1 fully saturated rings. The van der Waals surface area contributed by atoms with Crippen molar-refractivity contribution >= 4 is 22.1 Å². The molecule has 0 unspecified atom stereocenters. The second kappa shape index (κ2) is 6.86. The minimum Gasteiger partial charge on any atom is -0.444 e. The smallest absolute Gasteiger partial charge is 0.410 e. The molecule has 5 nitrogen and oxygen atoms in total. The first-order chi connectivity index (χ1) is 8.87. The lowest BCUT2D eigenvalue weighted by Gasteiger charge is -2.26. The van der Waals surface area contributed by atoms with Crippen molar-refractivity contribution in [1.82, 2.24) is 4.90 Å². The van der Waals surface area contributed by atoms with Crippen molar-refractivity contribution in [3.05, 3.63) is 12.7 Å². The zero-order valence-corrected chi connectivity index (χ0v) is 13.3. The largest absolute Gasteiger partial charge is 0.444 e. The van der Waals surface area contributed by atoms with E-state index >= 15 is 0 Å². The van der Waals surface area contributed by atoms with Crippen LogP contribution in [-0.4, -0.2) is 51.3 Å². The lowest BCUT2D eigenvalue weighted by Crippen LogP contribution is -2.40. The molecule has 0 saturated carbocycles. The third kappa shape index (κ3) is 5.16. The van der Waals surface area contributed by atoms with Crippen molar-refractivity contribution in [3.63, 3.8) is 0 Å². The van der Waals surface area contributed by atoms with Crippen LogP contribution < -0.4 is 0 Å². The second-order valence-electron chi connectivity index (χ2n) is 5.64. The third-order valence-electron chi connectivity index (χ3n) is 2.77. The fourth-order valence-corrected chi connectivity index (χ4v) is 2.80. The molecule has 1 heterocycles. The number of carbonyl (C=O) groups excluding carboxylic acids is 2. The molecule has 108 valence electrons. The SMILES string of the molecule is C=CC[SiH2]O[C@@H]1C[C@@H](C=O)N(C(=O)OC(C)(C)C)C1. The van der Waals surface area contributed by atoms with Crippen molar-refractivity contribution in [3.8, 4) is 0 Å². The number of ether oxygens (including phenoxy) is 1. The molecule has 0 aromatic rings. The molecule has 1 saturated heterocycles. The molecule has 0 spiro atoms. The molecule has 1 rings (SSSR count). The Morgan fingerprint density at radius 3 is 2.74 bits per heavy atom. The van der Waals surface area contributed by atoms with Gasteiger partial charge < -0.3 is 14.0 Å². The average molecular weight is 285 g/mol. The van der Waals surface area contributed by atoms with Crippen molar-refractivity contribution < 1.29 is 18.8 Å². The van der Waals surface area contributed by atoms with Crippen LogP contribution in [0.2, 0.25) is 6.04 Å². The highest BCUT2D eigenvalue weighted by Gasteiger charge is 2.37. The molecule has 0 aliphatic carbocycles. The maximum atomic E-state index is 12.0. The highest BCUT2D eigenvalue weighted by atomic mass is 28.2. The number of rotatable bonds is 5. The van der Waals surface area contributed by atoms with Gasteiger partial charge in [-0.05, 0) is 26.8 Å². The minimum absolute atomic E-state index is 0.0469. The van der Waals surface area contributed by atoms with Crippen LogP contribution in [0.4, 0.5) is 4.79 Å². The van der Waals surface area contributed by atoms with E-state index < -0.39 is 27.5 Å². The van der Waals surface area contributed by atoms with Crippen LogP contribution >= 0.6 is 0 Å². The van der Waals surface area contributed by atoms with Gasteiger partial charge in [-0.25, -0.2) is 4.79 Å². The molecule has 2 atom stereocenters. The molecule has 0 bridgehead atoms. The van der Waals surface area contributed by atoms with Crippen LogP contribution in [0.3, 0.4) is 0 Å². The molecule has 1 amide bonds. The summed E-state index contributed by atoms with van der Waals surface area (Å²) in [6.07, 6.45) is 2.70. The number of hydrogen-bond donors (Lipinski definition) is 0. The summed E-state index contributed by atoms with van der Waals surface area (Å²) in [5, 5.41) is 0. The lowest BCUT2D eigenvalue weighted by atomic mass is 10.2. The van der Waals surface area contributed by atoms with E-state index in [0.29, 0.717) is 13.0 Å². The van der Waals surface area contributed by atoms with E-state index in [1.165, 1.54) is 4.90 Å². The Balaban J connectivity index is 2.55. The van der Waals surface area contributed by atoms with Crippen molar-refractivity contribution in [2.75, 3.05) is 6.54 Å². The number of amides is 1. The van der Waals surface area contributed by atoms with Gasteiger partial charge in [-0.15, -0.1) is 6.58 Å². The first kappa shape index (κ1) is 15.9. The van der Waals surface area contributed by atoms with E-state index in [4.69, 9.17) is 9.16 Å². The summed E-state index contributed by atoms with van der Waals surface area (Å²) in [5.74, 6) is 0. The van der Waals surface area contributed by atoms with E-state index in [0.717, 1.165) is 12.3 Å². The fourth-order valence-electron chi connectivity index (χ4n) is 1.92. The van der Waals surface area contributed by atoms with Crippen LogP contribution in [0.1, 0.15) is 27.2 Å². The zero-order chi connectivity index (χ0) is 14.5. The monoisotopic (exact) mass is 285 g/mol. The van der Waals surface area contributed by atoms with Gasteiger partial charge in [0.2, 0.25) is 0 Å². The Hall–Kier alpha value is -1.14. The van der Waals surface area contributed by atoms with Crippen LogP contribution in [0.15, 0.2) is 12.7 Å². The summed E-state index contributed by atoms with van der Waals surface area (Å²) >= 11 is 0. The van der Waals surface area contributed by atoms with Crippen LogP contribution in [0.25, 0.3) is 0 Å². The Kier molecular flexibility index (Phi) is 5.75. The van der Waals surface area contributed by atoms with E-state index in [2.05, 4.69) is 6.58 Å². The second-order valence-corrected chi connectivity index (χ2v) is 6.96. The maximum absolute atomic E-state index is 12.0. The van der Waals surface area contributed by atoms with Gasteiger partial charge in [0.05, 0.1) is 12.1 Å². The standard InChI is InChI=1S/C13H23NO4Si/c1-5-6-19-18-11-7-10(9-15)14(8-11)12(16)17-13(2,3)4/h5,9-11H,1,6-8,19H2,2-4H3/t10-,11+/m0/s1. The van der Waals surface area contributed by atoms with Crippen molar-refractivity contribution in [2.24, 2.45) is 0 Å². The Morgan fingerprint density at radius 2 is 2.21 bits per heavy atom. The molecule has 0 aromatic heterocycles. The van der Waals surface area contributed by atoms with E-state index in [1.807, 2.05) is 26.8 Å². The number of hydrogen-bond acceptors (Lipinski definition) is 4. The van der Waals surface area contributed by atoms with Gasteiger partial charge in [-0.2, -0.15) is 0 Å². The number of nitrogens with zero attached hydrogens (tertiary/aromatic N) is 1. The normalized spacial score (nSPS) is 23.8. The third-order valence-corrected chi connectivity index (χ3v) is 4.12. The molecule has 1 aliphatic heterocycles. The maximum Gasteiger partial charge on any atom is 0.410 e. The molecule has 1 aliphatic rings. The number of carbonyl (C=O) groups is 2. The molecule has 19 heavy (non-hydrogen) atoms. The Bertz CT molecular complexity index is 340. The van der Waals surface area contributed by atoms with Gasteiger partial charge in [-0.1, -0.05) is 6.08 Å². The molecule has 0 radical (unpaired) electrons. The van der Waals surface area contributed by atoms with Gasteiger partial charge >= 0.3 is 6.09 Å². The molecular weight excluding hydrogens is 262 g/mol. The molecule has 6 heteroatoms. The van der Waals surface area contributed by atoms with Gasteiger partial charge in [-0.3, -0.25) is 4.90 Å². The summed E-state index contributed by atoms with van der Waals surface area (Å²) in [6.45, 7) is 9.51. The quantitative estimate of drug-likeness (QED) is 0.330. The van der Waals surface area contributed by atoms with Crippen LogP contribution in [0.5, 0.6) is 0 Å². The fraction of sp³-hybridized carbons (Fsp3) is 0.692. The average Bonchev–Trinajstić information content (AvgIpc) is 2.70. The number of likely N-dealkylation sites (tertiary alicyclic amines) is 1. The van der Waals surface area contributed by atoms with Crippen LogP contribution in [0, 0.1) is 0 Å². The summed E-state index contributed by atoms with van der Waals surface area (Å²) in [4.78, 5) is 24.5. The van der Waals surface area contributed by atoms with Gasteiger partial charge in [0.15, 0.2) is 9.76 Å². The van der Waals surface area contributed by atoms with Crippen molar-refractivity contribution in [1.29, 1.82) is 0 Å². The van der Waals surface area contributed by atoms with E-state index in [-0.39, 0.29) is 6.10 Å². The lowest BCUT2D eigenvalue weighted by molar-refractivity contribution is -0.111. The van der Waals surface area contributed by atoms with E-state index in [1.54, 1.807) is 0 Å². The number of aldehydes is 1. The first-order valence-electron chi connectivity index (χ1n) is 6.55. The van der Waals surface area contributed by atoms with E-state index in [9.17, 15) is 9.59 Å². The Labute approximate surface area is 116 Å². The Morgan fingerprint density at radius 1 is 1.53 bits per heavy atom. The molecule has 0 N–H and O–H groups in total. The first-order valence-corrected chi connectivity index (χ1v) is 8.12. The predicted octanol–water partition coefficient (Wildman–Crippen LogP) is 1.27. The minimum atomic E-state index is -0.642. The van der Waals surface area contributed by atoms with Crippen molar-refractivity contribution in [2.45, 2.75) is 51.0 Å². The van der Waals surface area contributed by atoms with Gasteiger partial charge in [0.25, 0.3) is 0 Å². The van der Waals surface area contributed by atoms with Gasteiger partial charge in [0.1, 0.15) is 11.9 Å². The van der Waals surface area contributed by atoms with Crippen LogP contribution in [-0.2, 0) is 14.0 Å². The highest BCUT2D eigenvalue weighted by molar-refractivity contribution is 6.27. The molecular formula is C13H23NO4Si. The summed E-state index contributed by atoms with van der Waals surface area (Å²) in [6, 6.07) is 0.465. The predicted molar refractivity (Wildman–Crippen MR) is 75.8 cm³/mol. The summed E-state index contributed by atoms with van der Waals surface area (Å²) in [7, 11) is -0.642. The molecule has 0 aromatic carbocycles.